The Hall–Kier alpha value is -3.20. The van der Waals surface area contributed by atoms with E-state index >= 15 is 0 Å². The number of carbonyl (C=O) groups is 3. The lowest BCUT2D eigenvalue weighted by Gasteiger charge is -2.31. The maximum atomic E-state index is 13.7. The summed E-state index contributed by atoms with van der Waals surface area (Å²) in [5.74, 6) is 0.819. The van der Waals surface area contributed by atoms with Crippen LogP contribution in [-0.2, 0) is 16.1 Å². The van der Waals surface area contributed by atoms with E-state index in [2.05, 4.69) is 10.6 Å². The third kappa shape index (κ3) is 4.40. The van der Waals surface area contributed by atoms with E-state index < -0.39 is 16.8 Å². The summed E-state index contributed by atoms with van der Waals surface area (Å²) in [5.41, 5.74) is 2.46. The van der Waals surface area contributed by atoms with Crippen molar-refractivity contribution in [2.24, 2.45) is 5.92 Å². The van der Waals surface area contributed by atoms with Crippen LogP contribution in [0.4, 0.5) is 0 Å². The molecule has 9 heteroatoms. The molecule has 1 saturated heterocycles. The van der Waals surface area contributed by atoms with Crippen molar-refractivity contribution >= 4 is 29.5 Å². The van der Waals surface area contributed by atoms with Crippen LogP contribution in [0.15, 0.2) is 42.5 Å². The maximum Gasteiger partial charge on any atom is 0.256 e. The lowest BCUT2D eigenvalue weighted by Crippen LogP contribution is -2.57. The number of fused-ring (bicyclic) bond motifs is 4. The summed E-state index contributed by atoms with van der Waals surface area (Å²) in [7, 11) is 0. The molecule has 5 rings (SSSR count). The Kier molecular flexibility index (Phi) is 6.36. The van der Waals surface area contributed by atoms with E-state index in [0.29, 0.717) is 30.0 Å². The average Bonchev–Trinajstić information content (AvgIpc) is 3.48. The number of hydrogen-bond acceptors (Lipinski definition) is 6. The summed E-state index contributed by atoms with van der Waals surface area (Å²) < 4.78 is 10.2. The first-order chi connectivity index (χ1) is 17.2. The third-order valence-electron chi connectivity index (χ3n) is 6.79. The number of rotatable bonds is 7. The number of hydrogen-bond donors (Lipinski definition) is 2. The molecule has 2 N–H and O–H groups in total. The lowest BCUT2D eigenvalue weighted by atomic mass is 9.98. The molecule has 0 unspecified atom stereocenters. The van der Waals surface area contributed by atoms with Crippen LogP contribution in [-0.4, -0.2) is 46.2 Å². The molecule has 1 fully saturated rings. The molecule has 3 heterocycles. The molecule has 190 valence electrons. The van der Waals surface area contributed by atoms with Crippen LogP contribution in [0, 0.1) is 5.92 Å². The second-order valence-electron chi connectivity index (χ2n) is 10.4. The molecule has 0 aromatic heterocycles. The van der Waals surface area contributed by atoms with Gasteiger partial charge in [0.15, 0.2) is 11.5 Å². The predicted molar refractivity (Wildman–Crippen MR) is 137 cm³/mol. The number of benzene rings is 2. The molecule has 8 nitrogen and oxygen atoms in total. The first-order valence-electron chi connectivity index (χ1n) is 12.2. The minimum atomic E-state index is -0.716. The molecule has 0 bridgehead atoms. The Morgan fingerprint density at radius 2 is 1.89 bits per heavy atom. The maximum absolute atomic E-state index is 13.7. The number of nitrogens with one attached hydrogen (secondary N) is 2. The minimum Gasteiger partial charge on any atom is -0.454 e. The topological polar surface area (TPSA) is 97.0 Å². The standard InChI is InChI=1S/C27H31N3O5S/c1-15(2)11-19(23(31)28-13-16-9-10-20-21(12-16)35-14-34-20)29-24(32)22-27(3,4)36-26-18-8-6-5-7-17(18)25(33)30(22)26/h5-10,12,15,19,22,26H,11,13-14H2,1-4H3,(H,28,31)(H,29,32)/t19-,22+,26-/m0/s1. The van der Waals surface area contributed by atoms with Gasteiger partial charge in [-0.05, 0) is 55.5 Å². The van der Waals surface area contributed by atoms with Crippen LogP contribution < -0.4 is 20.1 Å². The normalized spacial score (nSPS) is 21.8. The zero-order valence-corrected chi connectivity index (χ0v) is 21.7. The van der Waals surface area contributed by atoms with E-state index in [4.69, 9.17) is 9.47 Å². The predicted octanol–water partition coefficient (Wildman–Crippen LogP) is 3.61. The van der Waals surface area contributed by atoms with Gasteiger partial charge in [-0.15, -0.1) is 11.8 Å². The van der Waals surface area contributed by atoms with E-state index in [1.165, 1.54) is 0 Å². The number of nitrogens with zero attached hydrogens (tertiary/aromatic N) is 1. The smallest absolute Gasteiger partial charge is 0.256 e. The fraction of sp³-hybridized carbons (Fsp3) is 0.444. The number of carbonyl (C=O) groups excluding carboxylic acids is 3. The van der Waals surface area contributed by atoms with Crippen molar-refractivity contribution in [3.05, 3.63) is 59.2 Å². The van der Waals surface area contributed by atoms with E-state index in [0.717, 1.165) is 11.1 Å². The van der Waals surface area contributed by atoms with Gasteiger partial charge in [-0.1, -0.05) is 38.1 Å². The zero-order valence-electron chi connectivity index (χ0n) is 20.9. The molecule has 3 aliphatic rings. The summed E-state index contributed by atoms with van der Waals surface area (Å²) in [6.45, 7) is 8.47. The molecule has 0 radical (unpaired) electrons. The second-order valence-corrected chi connectivity index (χ2v) is 12.1. The summed E-state index contributed by atoms with van der Waals surface area (Å²) >= 11 is 1.61. The highest BCUT2D eigenvalue weighted by atomic mass is 32.2. The van der Waals surface area contributed by atoms with Gasteiger partial charge in [0.2, 0.25) is 18.6 Å². The molecule has 3 aliphatic heterocycles. The zero-order chi connectivity index (χ0) is 25.6. The summed E-state index contributed by atoms with van der Waals surface area (Å²) in [6.07, 6.45) is 0.483. The first-order valence-corrected chi connectivity index (χ1v) is 13.1. The van der Waals surface area contributed by atoms with Crippen molar-refractivity contribution in [3.8, 4) is 11.5 Å². The van der Waals surface area contributed by atoms with Crippen LogP contribution in [0.25, 0.3) is 0 Å². The monoisotopic (exact) mass is 509 g/mol. The van der Waals surface area contributed by atoms with Gasteiger partial charge in [-0.3, -0.25) is 14.4 Å². The molecule has 0 saturated carbocycles. The van der Waals surface area contributed by atoms with Crippen LogP contribution in [0.1, 0.15) is 61.0 Å². The fourth-order valence-corrected chi connectivity index (χ4v) is 6.71. The largest absolute Gasteiger partial charge is 0.454 e. The Morgan fingerprint density at radius 3 is 2.67 bits per heavy atom. The van der Waals surface area contributed by atoms with Gasteiger partial charge in [0.05, 0.1) is 0 Å². The van der Waals surface area contributed by atoms with E-state index in [1.54, 1.807) is 16.7 Å². The fourth-order valence-electron chi connectivity index (χ4n) is 5.12. The Labute approximate surface area is 215 Å². The highest BCUT2D eigenvalue weighted by Crippen LogP contribution is 2.56. The van der Waals surface area contributed by atoms with Crippen molar-refractivity contribution in [1.29, 1.82) is 0 Å². The summed E-state index contributed by atoms with van der Waals surface area (Å²) in [4.78, 5) is 41.8. The van der Waals surface area contributed by atoms with E-state index in [9.17, 15) is 14.4 Å². The first kappa shape index (κ1) is 24.5. The van der Waals surface area contributed by atoms with Crippen molar-refractivity contribution in [2.75, 3.05) is 6.79 Å². The van der Waals surface area contributed by atoms with Crippen molar-refractivity contribution in [2.45, 2.75) is 62.9 Å². The quantitative estimate of drug-likeness (QED) is 0.592. The molecule has 36 heavy (non-hydrogen) atoms. The van der Waals surface area contributed by atoms with Crippen molar-refractivity contribution in [1.82, 2.24) is 15.5 Å². The minimum absolute atomic E-state index is 0.138. The van der Waals surface area contributed by atoms with Gasteiger partial charge in [0, 0.05) is 16.9 Å². The lowest BCUT2D eigenvalue weighted by molar-refractivity contribution is -0.132. The number of thioether (sulfide) groups is 1. The number of ether oxygens (including phenoxy) is 2. The molecular weight excluding hydrogens is 478 g/mol. The highest BCUT2D eigenvalue weighted by molar-refractivity contribution is 8.01. The van der Waals surface area contributed by atoms with Gasteiger partial charge >= 0.3 is 0 Å². The van der Waals surface area contributed by atoms with Gasteiger partial charge in [0.25, 0.3) is 5.91 Å². The van der Waals surface area contributed by atoms with Crippen LogP contribution in [0.2, 0.25) is 0 Å². The average molecular weight is 510 g/mol. The van der Waals surface area contributed by atoms with E-state index in [1.807, 2.05) is 70.2 Å². The Balaban J connectivity index is 1.30. The molecule has 0 aliphatic carbocycles. The second kappa shape index (κ2) is 9.35. The summed E-state index contributed by atoms with van der Waals surface area (Å²) in [5, 5.41) is 5.72. The van der Waals surface area contributed by atoms with E-state index in [-0.39, 0.29) is 35.8 Å². The van der Waals surface area contributed by atoms with Crippen LogP contribution in [0.5, 0.6) is 11.5 Å². The molecule has 2 aromatic carbocycles. The Morgan fingerprint density at radius 1 is 1.14 bits per heavy atom. The molecular formula is C27H31N3O5S. The Bertz CT molecular complexity index is 1210. The van der Waals surface area contributed by atoms with Crippen molar-refractivity contribution in [3.63, 3.8) is 0 Å². The molecule has 2 aromatic rings. The molecule has 3 amide bonds. The molecule has 3 atom stereocenters. The van der Waals surface area contributed by atoms with Gasteiger partial charge < -0.3 is 25.0 Å². The molecule has 0 spiro atoms. The van der Waals surface area contributed by atoms with Gasteiger partial charge in [-0.2, -0.15) is 0 Å². The SMILES string of the molecule is CC(C)C[C@H](NC(=O)[C@H]1N2C(=O)c3ccccc3[C@@H]2SC1(C)C)C(=O)NCc1ccc2c(c1)OCO2. The van der Waals surface area contributed by atoms with Gasteiger partial charge in [-0.25, -0.2) is 0 Å². The van der Waals surface area contributed by atoms with Crippen molar-refractivity contribution < 1.29 is 23.9 Å². The van der Waals surface area contributed by atoms with Crippen LogP contribution in [0.3, 0.4) is 0 Å². The van der Waals surface area contributed by atoms with Crippen LogP contribution >= 0.6 is 11.8 Å². The number of amides is 3. The third-order valence-corrected chi connectivity index (χ3v) is 8.32. The van der Waals surface area contributed by atoms with Gasteiger partial charge in [0.1, 0.15) is 17.5 Å². The highest BCUT2D eigenvalue weighted by Gasteiger charge is 2.57. The summed E-state index contributed by atoms with van der Waals surface area (Å²) in [6, 6.07) is 11.6.